The first kappa shape index (κ1) is 20.6. The Kier molecular flexibility index (Phi) is 5.72. The average Bonchev–Trinajstić information content (AvgIpc) is 3.18. The van der Waals surface area contributed by atoms with Crippen LogP contribution in [0.15, 0.2) is 43.2 Å². The Morgan fingerprint density at radius 3 is 2.68 bits per heavy atom. The normalized spacial score (nSPS) is 12.2. The summed E-state index contributed by atoms with van der Waals surface area (Å²) < 4.78 is 7.51. The van der Waals surface area contributed by atoms with E-state index in [2.05, 4.69) is 35.3 Å². The lowest BCUT2D eigenvalue weighted by Crippen LogP contribution is -2.37. The van der Waals surface area contributed by atoms with E-state index in [1.807, 2.05) is 20.8 Å². The van der Waals surface area contributed by atoms with E-state index < -0.39 is 6.10 Å². The van der Waals surface area contributed by atoms with Crippen LogP contribution in [-0.2, 0) is 4.79 Å². The molecule has 0 bridgehead atoms. The lowest BCUT2D eigenvalue weighted by molar-refractivity contribution is -0.124. The maximum atomic E-state index is 12.9. The molecule has 0 radical (unpaired) electrons. The van der Waals surface area contributed by atoms with Crippen LogP contribution in [-0.4, -0.2) is 46.7 Å². The highest BCUT2D eigenvalue weighted by molar-refractivity contribution is 6.32. The van der Waals surface area contributed by atoms with Gasteiger partial charge in [0.1, 0.15) is 11.7 Å². The van der Waals surface area contributed by atoms with Gasteiger partial charge in [0.2, 0.25) is 5.88 Å². The van der Waals surface area contributed by atoms with Gasteiger partial charge in [0.15, 0.2) is 23.4 Å². The zero-order valence-electron chi connectivity index (χ0n) is 17.0. The van der Waals surface area contributed by atoms with Crippen molar-refractivity contribution in [2.75, 3.05) is 5.32 Å². The zero-order chi connectivity index (χ0) is 22.0. The summed E-state index contributed by atoms with van der Waals surface area (Å²) in [7, 11) is 0. The summed E-state index contributed by atoms with van der Waals surface area (Å²) in [4.78, 5) is 33.9. The number of nitrogens with one attached hydrogen (secondary N) is 1. The van der Waals surface area contributed by atoms with Gasteiger partial charge < -0.3 is 10.1 Å². The van der Waals surface area contributed by atoms with E-state index in [1.165, 1.54) is 17.2 Å². The standard InChI is InChI=1S/C20H19ClN8O2/c1-11(2)16(19(30)28-15-9-23-12(3)7-24-15)31-20-13-8-27-29(17(13)25-10-26-20)18-14(21)5-4-6-22-18/h4-11,16H,1-3H3,(H,24,28,30). The molecule has 0 aromatic carbocycles. The van der Waals surface area contributed by atoms with E-state index in [0.717, 1.165) is 5.69 Å². The fourth-order valence-corrected chi connectivity index (χ4v) is 3.07. The van der Waals surface area contributed by atoms with Crippen LogP contribution in [0.1, 0.15) is 19.5 Å². The number of ether oxygens (including phenoxy) is 1. The van der Waals surface area contributed by atoms with E-state index >= 15 is 0 Å². The number of carbonyl (C=O) groups excluding carboxylic acids is 1. The molecule has 0 saturated heterocycles. The SMILES string of the molecule is Cc1cnc(NC(=O)C(Oc2ncnc3c2cnn3-c2ncccc2Cl)C(C)C)cn1. The Morgan fingerprint density at radius 1 is 1.13 bits per heavy atom. The fraction of sp³-hybridized carbons (Fsp3) is 0.250. The Balaban J connectivity index is 1.63. The molecule has 158 valence electrons. The number of nitrogens with zero attached hydrogens (tertiary/aromatic N) is 7. The second-order valence-corrected chi connectivity index (χ2v) is 7.50. The maximum absolute atomic E-state index is 12.9. The summed E-state index contributed by atoms with van der Waals surface area (Å²) in [6.07, 6.45) is 6.74. The van der Waals surface area contributed by atoms with Crippen LogP contribution in [0.2, 0.25) is 5.02 Å². The number of aromatic nitrogens is 7. The molecule has 1 amide bonds. The van der Waals surface area contributed by atoms with Gasteiger partial charge in [-0.2, -0.15) is 9.78 Å². The predicted molar refractivity (Wildman–Crippen MR) is 114 cm³/mol. The quantitative estimate of drug-likeness (QED) is 0.487. The van der Waals surface area contributed by atoms with E-state index in [-0.39, 0.29) is 17.7 Å². The molecule has 10 nitrogen and oxygen atoms in total. The molecule has 4 rings (SSSR count). The number of pyridine rings is 1. The van der Waals surface area contributed by atoms with Gasteiger partial charge in [0.05, 0.1) is 29.3 Å². The van der Waals surface area contributed by atoms with Gasteiger partial charge >= 0.3 is 0 Å². The predicted octanol–water partition coefficient (Wildman–Crippen LogP) is 3.00. The molecule has 0 fully saturated rings. The Labute approximate surface area is 182 Å². The van der Waals surface area contributed by atoms with Crippen molar-refractivity contribution in [1.29, 1.82) is 0 Å². The molecule has 0 aliphatic carbocycles. The number of aryl methyl sites for hydroxylation is 1. The summed E-state index contributed by atoms with van der Waals surface area (Å²) in [5, 5.41) is 8.01. The molecule has 4 aromatic heterocycles. The highest BCUT2D eigenvalue weighted by Gasteiger charge is 2.27. The minimum atomic E-state index is -0.831. The van der Waals surface area contributed by atoms with Crippen LogP contribution >= 0.6 is 11.6 Å². The number of anilines is 1. The Hall–Kier alpha value is -3.66. The first-order valence-corrected chi connectivity index (χ1v) is 9.87. The summed E-state index contributed by atoms with van der Waals surface area (Å²) in [5.74, 6) is 0.492. The summed E-state index contributed by atoms with van der Waals surface area (Å²) in [6, 6.07) is 3.44. The molecule has 31 heavy (non-hydrogen) atoms. The lowest BCUT2D eigenvalue weighted by atomic mass is 10.1. The van der Waals surface area contributed by atoms with Crippen LogP contribution in [0, 0.1) is 12.8 Å². The molecule has 11 heteroatoms. The number of carbonyl (C=O) groups is 1. The molecular formula is C20H19ClN8O2. The first-order chi connectivity index (χ1) is 14.9. The van der Waals surface area contributed by atoms with E-state index in [0.29, 0.717) is 27.7 Å². The lowest BCUT2D eigenvalue weighted by Gasteiger charge is -2.21. The first-order valence-electron chi connectivity index (χ1n) is 9.50. The van der Waals surface area contributed by atoms with E-state index in [1.54, 1.807) is 30.7 Å². The fourth-order valence-electron chi connectivity index (χ4n) is 2.87. The molecule has 1 unspecified atom stereocenters. The van der Waals surface area contributed by atoms with Crippen LogP contribution in [0.25, 0.3) is 16.9 Å². The van der Waals surface area contributed by atoms with Gasteiger partial charge in [-0.05, 0) is 25.0 Å². The third kappa shape index (κ3) is 4.29. The van der Waals surface area contributed by atoms with Gasteiger partial charge in [-0.15, -0.1) is 0 Å². The summed E-state index contributed by atoms with van der Waals surface area (Å²) in [6.45, 7) is 5.57. The molecule has 4 heterocycles. The Morgan fingerprint density at radius 2 is 1.97 bits per heavy atom. The number of halogens is 1. The maximum Gasteiger partial charge on any atom is 0.266 e. The van der Waals surface area contributed by atoms with Crippen LogP contribution in [0.3, 0.4) is 0 Å². The molecule has 0 saturated carbocycles. The number of rotatable bonds is 6. The smallest absolute Gasteiger partial charge is 0.266 e. The van der Waals surface area contributed by atoms with Crippen molar-refractivity contribution >= 4 is 34.4 Å². The number of amides is 1. The minimum absolute atomic E-state index is 0.149. The van der Waals surface area contributed by atoms with Crippen LogP contribution in [0.5, 0.6) is 5.88 Å². The van der Waals surface area contributed by atoms with Crippen molar-refractivity contribution in [3.8, 4) is 11.7 Å². The minimum Gasteiger partial charge on any atom is -0.463 e. The van der Waals surface area contributed by atoms with Gasteiger partial charge in [-0.1, -0.05) is 25.4 Å². The molecule has 1 atom stereocenters. The van der Waals surface area contributed by atoms with Gasteiger partial charge in [-0.25, -0.2) is 19.9 Å². The topological polar surface area (TPSA) is 121 Å². The molecule has 4 aromatic rings. The van der Waals surface area contributed by atoms with E-state index in [9.17, 15) is 4.79 Å². The largest absolute Gasteiger partial charge is 0.463 e. The highest BCUT2D eigenvalue weighted by atomic mass is 35.5. The van der Waals surface area contributed by atoms with E-state index in [4.69, 9.17) is 16.3 Å². The molecule has 0 aliphatic rings. The van der Waals surface area contributed by atoms with Crippen molar-refractivity contribution < 1.29 is 9.53 Å². The van der Waals surface area contributed by atoms with Crippen molar-refractivity contribution in [1.82, 2.24) is 34.7 Å². The van der Waals surface area contributed by atoms with Crippen LogP contribution < -0.4 is 10.1 Å². The molecule has 1 N–H and O–H groups in total. The number of hydrogen-bond donors (Lipinski definition) is 1. The van der Waals surface area contributed by atoms with Crippen molar-refractivity contribution in [3.63, 3.8) is 0 Å². The van der Waals surface area contributed by atoms with Crippen LogP contribution in [0.4, 0.5) is 5.82 Å². The zero-order valence-corrected chi connectivity index (χ0v) is 17.8. The second-order valence-electron chi connectivity index (χ2n) is 7.10. The van der Waals surface area contributed by atoms with Gasteiger partial charge in [0.25, 0.3) is 5.91 Å². The third-order valence-electron chi connectivity index (χ3n) is 4.40. The second kappa shape index (κ2) is 8.60. The average molecular weight is 439 g/mol. The van der Waals surface area contributed by atoms with Crippen molar-refractivity contribution in [3.05, 3.63) is 54.0 Å². The number of fused-ring (bicyclic) bond motifs is 1. The molecule has 0 aliphatic heterocycles. The van der Waals surface area contributed by atoms with Crippen molar-refractivity contribution in [2.45, 2.75) is 26.9 Å². The monoisotopic (exact) mass is 438 g/mol. The van der Waals surface area contributed by atoms with Gasteiger partial charge in [0, 0.05) is 6.20 Å². The third-order valence-corrected chi connectivity index (χ3v) is 4.70. The highest BCUT2D eigenvalue weighted by Crippen LogP contribution is 2.27. The number of hydrogen-bond acceptors (Lipinski definition) is 8. The van der Waals surface area contributed by atoms with Crippen molar-refractivity contribution in [2.24, 2.45) is 5.92 Å². The molecular weight excluding hydrogens is 420 g/mol. The Bertz CT molecular complexity index is 1230. The summed E-state index contributed by atoms with van der Waals surface area (Å²) in [5.41, 5.74) is 1.21. The van der Waals surface area contributed by atoms with Gasteiger partial charge in [-0.3, -0.25) is 9.78 Å². The summed E-state index contributed by atoms with van der Waals surface area (Å²) >= 11 is 6.25. The molecule has 0 spiro atoms.